The average molecular weight is 314 g/mol. The first-order valence-corrected chi connectivity index (χ1v) is 7.14. The summed E-state index contributed by atoms with van der Waals surface area (Å²) in [5, 5.41) is 9.43. The lowest BCUT2D eigenvalue weighted by molar-refractivity contribution is -0.287. The van der Waals surface area contributed by atoms with E-state index in [1.165, 1.54) is 0 Å². The number of esters is 1. The Kier molecular flexibility index (Phi) is 3.59. The first-order chi connectivity index (χ1) is 8.99. The van der Waals surface area contributed by atoms with Gasteiger partial charge in [-0.25, -0.2) is 0 Å². The summed E-state index contributed by atoms with van der Waals surface area (Å²) in [6.07, 6.45) is -5.33. The Bertz CT molecular complexity index is 425. The summed E-state index contributed by atoms with van der Waals surface area (Å²) in [6.45, 7) is 4.52. The molecule has 0 unspecified atom stereocenters. The van der Waals surface area contributed by atoms with Gasteiger partial charge in [0, 0.05) is 11.8 Å². The van der Waals surface area contributed by atoms with Crippen LogP contribution in [0.25, 0.3) is 0 Å². The van der Waals surface area contributed by atoms with Crippen LogP contribution in [0.5, 0.6) is 0 Å². The predicted molar refractivity (Wildman–Crippen MR) is 66.1 cm³/mol. The van der Waals surface area contributed by atoms with E-state index in [0.29, 0.717) is 11.8 Å². The molecule has 0 aromatic carbocycles. The molecule has 2 aliphatic rings. The third-order valence-electron chi connectivity index (χ3n) is 4.01. The molecule has 2 rings (SSSR count). The number of fused-ring (bicyclic) bond motifs is 2. The molecule has 2 fully saturated rings. The number of alkyl halides is 3. The van der Waals surface area contributed by atoms with Crippen LogP contribution in [0.1, 0.15) is 27.2 Å². The van der Waals surface area contributed by atoms with E-state index in [2.05, 4.69) is 0 Å². The monoisotopic (exact) mass is 314 g/mol. The maximum absolute atomic E-state index is 13.3. The van der Waals surface area contributed by atoms with Gasteiger partial charge in [-0.05, 0) is 6.92 Å². The standard InChI is InChI=1S/C12H17F3O4S/c1-4-18-8(16)7-10(17)5-11(20-7,12(13,14)15)19-6-9(10,2)3/h7,17H,4-6H2,1-3H3/t7-,10-,11-/m0/s1. The van der Waals surface area contributed by atoms with Gasteiger partial charge in [0.1, 0.15) is 5.25 Å². The number of aliphatic hydroxyl groups is 1. The van der Waals surface area contributed by atoms with Crippen LogP contribution in [-0.4, -0.2) is 46.2 Å². The molecular formula is C12H17F3O4S. The first kappa shape index (κ1) is 15.9. The fourth-order valence-electron chi connectivity index (χ4n) is 2.59. The van der Waals surface area contributed by atoms with Crippen LogP contribution in [-0.2, 0) is 14.3 Å². The topological polar surface area (TPSA) is 55.8 Å². The minimum absolute atomic E-state index is 0.0479. The number of ether oxygens (including phenoxy) is 2. The van der Waals surface area contributed by atoms with E-state index in [-0.39, 0.29) is 13.2 Å². The summed E-state index contributed by atoms with van der Waals surface area (Å²) in [5.74, 6) is -0.829. The molecule has 8 heteroatoms. The Balaban J connectivity index is 2.43. The van der Waals surface area contributed by atoms with Crippen molar-refractivity contribution in [3.8, 4) is 0 Å². The Morgan fingerprint density at radius 3 is 2.60 bits per heavy atom. The average Bonchev–Trinajstić information content (AvgIpc) is 2.58. The number of thioether (sulfide) groups is 1. The van der Waals surface area contributed by atoms with Gasteiger partial charge in [-0.3, -0.25) is 4.79 Å². The van der Waals surface area contributed by atoms with Crippen molar-refractivity contribution in [2.75, 3.05) is 13.2 Å². The molecule has 0 amide bonds. The molecule has 116 valence electrons. The maximum Gasteiger partial charge on any atom is 0.427 e. The third kappa shape index (κ3) is 2.03. The van der Waals surface area contributed by atoms with Crippen LogP contribution < -0.4 is 0 Å². The van der Waals surface area contributed by atoms with Crippen molar-refractivity contribution in [3.05, 3.63) is 0 Å². The molecule has 0 spiro atoms. The molecule has 2 heterocycles. The number of halogens is 3. The van der Waals surface area contributed by atoms with Crippen LogP contribution in [0.15, 0.2) is 0 Å². The van der Waals surface area contributed by atoms with Gasteiger partial charge in [0.05, 0.1) is 18.8 Å². The molecule has 2 saturated heterocycles. The lowest BCUT2D eigenvalue weighted by atomic mass is 9.68. The van der Waals surface area contributed by atoms with Crippen molar-refractivity contribution in [2.45, 2.75) is 49.2 Å². The highest BCUT2D eigenvalue weighted by atomic mass is 32.2. The van der Waals surface area contributed by atoms with E-state index in [1.807, 2.05) is 0 Å². The lowest BCUT2D eigenvalue weighted by Gasteiger charge is -2.47. The molecule has 3 atom stereocenters. The molecule has 20 heavy (non-hydrogen) atoms. The van der Waals surface area contributed by atoms with Gasteiger partial charge >= 0.3 is 12.1 Å². The van der Waals surface area contributed by atoms with Gasteiger partial charge < -0.3 is 14.6 Å². The zero-order valence-electron chi connectivity index (χ0n) is 11.4. The summed E-state index contributed by atoms with van der Waals surface area (Å²) >= 11 is 0.313. The van der Waals surface area contributed by atoms with E-state index in [9.17, 15) is 23.1 Å². The SMILES string of the molecule is CCOC(=O)[C@@H]1S[C@]2(C(F)(F)F)C[C@@]1(O)C(C)(C)CO2. The second-order valence-electron chi connectivity index (χ2n) is 5.77. The number of rotatable bonds is 2. The molecule has 0 radical (unpaired) electrons. The number of hydrogen-bond acceptors (Lipinski definition) is 5. The second-order valence-corrected chi connectivity index (χ2v) is 7.14. The van der Waals surface area contributed by atoms with Crippen LogP contribution >= 0.6 is 11.8 Å². The van der Waals surface area contributed by atoms with E-state index in [0.717, 1.165) is 0 Å². The zero-order chi connectivity index (χ0) is 15.4. The lowest BCUT2D eigenvalue weighted by Crippen LogP contribution is -2.60. The second kappa shape index (κ2) is 4.51. The summed E-state index contributed by atoms with van der Waals surface area (Å²) < 4.78 is 49.6. The summed E-state index contributed by atoms with van der Waals surface area (Å²) in [7, 11) is 0. The molecule has 0 aromatic rings. The number of hydrogen-bond donors (Lipinski definition) is 1. The Morgan fingerprint density at radius 1 is 1.50 bits per heavy atom. The van der Waals surface area contributed by atoms with Crippen LogP contribution in [0.2, 0.25) is 0 Å². The minimum atomic E-state index is -4.66. The van der Waals surface area contributed by atoms with E-state index >= 15 is 0 Å². The molecular weight excluding hydrogens is 297 g/mol. The van der Waals surface area contributed by atoms with Gasteiger partial charge in [0.15, 0.2) is 0 Å². The van der Waals surface area contributed by atoms with Crippen LogP contribution in [0.4, 0.5) is 13.2 Å². The maximum atomic E-state index is 13.3. The predicted octanol–water partition coefficient (Wildman–Crippen LogP) is 2.10. The summed E-state index contributed by atoms with van der Waals surface area (Å²) in [6, 6.07) is 0. The van der Waals surface area contributed by atoms with Crippen LogP contribution in [0, 0.1) is 5.41 Å². The molecule has 2 bridgehead atoms. The van der Waals surface area contributed by atoms with Crippen molar-refractivity contribution in [1.29, 1.82) is 0 Å². The number of carbonyl (C=O) groups is 1. The largest absolute Gasteiger partial charge is 0.465 e. The molecule has 2 aliphatic heterocycles. The van der Waals surface area contributed by atoms with E-state index < -0.39 is 39.8 Å². The fraction of sp³-hybridized carbons (Fsp3) is 0.917. The normalized spacial score (nSPS) is 39.6. The Morgan fingerprint density at radius 2 is 2.10 bits per heavy atom. The Labute approximate surface area is 119 Å². The Hall–Kier alpha value is -0.470. The highest BCUT2D eigenvalue weighted by Gasteiger charge is 2.75. The van der Waals surface area contributed by atoms with Gasteiger partial charge in [0.25, 0.3) is 0 Å². The molecule has 1 N–H and O–H groups in total. The zero-order valence-corrected chi connectivity index (χ0v) is 12.2. The minimum Gasteiger partial charge on any atom is -0.465 e. The van der Waals surface area contributed by atoms with E-state index in [1.54, 1.807) is 20.8 Å². The van der Waals surface area contributed by atoms with E-state index in [4.69, 9.17) is 9.47 Å². The highest BCUT2D eigenvalue weighted by molar-refractivity contribution is 8.02. The summed E-state index contributed by atoms with van der Waals surface area (Å²) in [4.78, 5) is 9.39. The van der Waals surface area contributed by atoms with Crippen LogP contribution in [0.3, 0.4) is 0 Å². The van der Waals surface area contributed by atoms with Gasteiger partial charge in [-0.1, -0.05) is 25.6 Å². The van der Waals surface area contributed by atoms with Gasteiger partial charge in [-0.15, -0.1) is 0 Å². The highest BCUT2D eigenvalue weighted by Crippen LogP contribution is 2.64. The van der Waals surface area contributed by atoms with Crippen molar-refractivity contribution in [1.82, 2.24) is 0 Å². The quantitative estimate of drug-likeness (QED) is 0.791. The van der Waals surface area contributed by atoms with Crippen molar-refractivity contribution in [2.24, 2.45) is 5.41 Å². The summed E-state index contributed by atoms with van der Waals surface area (Å²) in [5.41, 5.74) is -2.78. The molecule has 4 nitrogen and oxygen atoms in total. The molecule has 0 saturated carbocycles. The van der Waals surface area contributed by atoms with Crippen molar-refractivity contribution >= 4 is 17.7 Å². The molecule has 0 aliphatic carbocycles. The van der Waals surface area contributed by atoms with Crippen molar-refractivity contribution in [3.63, 3.8) is 0 Å². The third-order valence-corrected chi connectivity index (χ3v) is 5.71. The molecule has 0 aromatic heterocycles. The fourth-order valence-corrected chi connectivity index (χ4v) is 4.29. The number of carbonyl (C=O) groups excluding carboxylic acids is 1. The van der Waals surface area contributed by atoms with Gasteiger partial charge in [0.2, 0.25) is 4.93 Å². The first-order valence-electron chi connectivity index (χ1n) is 6.27. The van der Waals surface area contributed by atoms with Gasteiger partial charge in [-0.2, -0.15) is 13.2 Å². The van der Waals surface area contributed by atoms with Crippen molar-refractivity contribution < 1.29 is 32.5 Å². The smallest absolute Gasteiger partial charge is 0.427 e.